The quantitative estimate of drug-likeness (QED) is 0.164. The fraction of sp³-hybridized carbons (Fsp3) is 0.333. The third-order valence-corrected chi connectivity index (χ3v) is 1.56. The van der Waals surface area contributed by atoms with Crippen molar-refractivity contribution in [1.82, 2.24) is 20.6 Å². The Labute approximate surface area is 80.3 Å². The SMILES string of the molecule is NC(=[NH2+])C(c1nnn[n-]1)([N+](=O)[O-])[N+](=O)[O-]. The number of hydrogen-bond donors (Lipinski definition) is 2. The highest BCUT2D eigenvalue weighted by molar-refractivity contribution is 5.81. The molecule has 0 fully saturated rings. The number of hydrogen-bond acceptors (Lipinski definition) is 7. The molecule has 0 atom stereocenters. The summed E-state index contributed by atoms with van der Waals surface area (Å²) in [6, 6.07) is 0. The fourth-order valence-electron chi connectivity index (χ4n) is 0.854. The lowest BCUT2D eigenvalue weighted by Crippen LogP contribution is -2.65. The van der Waals surface area contributed by atoms with Gasteiger partial charge in [0, 0.05) is 0 Å². The first-order chi connectivity index (χ1) is 6.94. The number of nitro groups is 2. The van der Waals surface area contributed by atoms with Gasteiger partial charge in [-0.1, -0.05) is 0 Å². The standard InChI is InChI=1S/C3H3N8O4/c4-1(5)3(10(12)13,11(14)15)2-6-8-9-7-2/h(H3-,4,5,6,7,8,9)/q-1/p+1. The molecule has 0 saturated heterocycles. The fourth-order valence-corrected chi connectivity index (χ4v) is 0.854. The summed E-state index contributed by atoms with van der Waals surface area (Å²) >= 11 is 0. The van der Waals surface area contributed by atoms with E-state index < -0.39 is 27.2 Å². The van der Waals surface area contributed by atoms with Gasteiger partial charge in [0.05, 0.1) is 0 Å². The molecular formula is C3H4N8O4. The predicted octanol–water partition coefficient (Wildman–Crippen LogP) is -4.35. The van der Waals surface area contributed by atoms with Crippen LogP contribution in [-0.4, -0.2) is 31.2 Å². The van der Waals surface area contributed by atoms with Gasteiger partial charge in [-0.15, -0.1) is 0 Å². The molecule has 0 unspecified atom stereocenters. The molecule has 0 saturated carbocycles. The zero-order valence-corrected chi connectivity index (χ0v) is 6.97. The molecule has 0 amide bonds. The number of tetrazole rings is 1. The van der Waals surface area contributed by atoms with Crippen LogP contribution in [0.5, 0.6) is 0 Å². The van der Waals surface area contributed by atoms with Crippen molar-refractivity contribution in [2.45, 2.75) is 5.66 Å². The summed E-state index contributed by atoms with van der Waals surface area (Å²) in [4.78, 5) is 18.7. The molecule has 0 aliphatic heterocycles. The molecule has 12 nitrogen and oxygen atoms in total. The maximum Gasteiger partial charge on any atom is 0.587 e. The van der Waals surface area contributed by atoms with Gasteiger partial charge in [0.2, 0.25) is 0 Å². The molecule has 80 valence electrons. The monoisotopic (exact) mass is 216 g/mol. The molecular weight excluding hydrogens is 212 g/mol. The van der Waals surface area contributed by atoms with E-state index in [1.54, 1.807) is 0 Å². The Morgan fingerprint density at radius 1 is 1.47 bits per heavy atom. The Bertz CT molecular complexity index is 373. The van der Waals surface area contributed by atoms with E-state index in [1.807, 2.05) is 0 Å². The van der Waals surface area contributed by atoms with Crippen molar-refractivity contribution in [3.63, 3.8) is 0 Å². The van der Waals surface area contributed by atoms with Gasteiger partial charge in [-0.3, -0.25) is 41.7 Å². The van der Waals surface area contributed by atoms with Crippen LogP contribution in [0.25, 0.3) is 0 Å². The number of aromatic nitrogens is 4. The Morgan fingerprint density at radius 3 is 2.27 bits per heavy atom. The van der Waals surface area contributed by atoms with E-state index in [-0.39, 0.29) is 0 Å². The van der Waals surface area contributed by atoms with Crippen LogP contribution in [0.15, 0.2) is 0 Å². The van der Waals surface area contributed by atoms with Crippen molar-refractivity contribution < 1.29 is 15.3 Å². The third kappa shape index (κ3) is 1.23. The molecule has 1 heterocycles. The molecule has 4 N–H and O–H groups in total. The number of rotatable bonds is 4. The zero-order valence-electron chi connectivity index (χ0n) is 6.97. The van der Waals surface area contributed by atoms with E-state index in [4.69, 9.17) is 11.1 Å². The first kappa shape index (κ1) is 10.4. The van der Waals surface area contributed by atoms with Gasteiger partial charge < -0.3 is 5.10 Å². The summed E-state index contributed by atoms with van der Waals surface area (Å²) < 4.78 is 0. The Balaban J connectivity index is 3.47. The normalized spacial score (nSPS) is 10.9. The van der Waals surface area contributed by atoms with Gasteiger partial charge in [0.15, 0.2) is 5.82 Å². The van der Waals surface area contributed by atoms with E-state index in [9.17, 15) is 20.2 Å². The van der Waals surface area contributed by atoms with Crippen molar-refractivity contribution >= 4 is 5.84 Å². The highest BCUT2D eigenvalue weighted by atomic mass is 16.7. The van der Waals surface area contributed by atoms with Crippen LogP contribution >= 0.6 is 0 Å². The summed E-state index contributed by atoms with van der Waals surface area (Å²) in [5, 5.41) is 38.1. The lowest BCUT2D eigenvalue weighted by molar-refractivity contribution is -0.790. The summed E-state index contributed by atoms with van der Waals surface area (Å²) in [5.41, 5.74) is 1.83. The third-order valence-electron chi connectivity index (χ3n) is 1.56. The summed E-state index contributed by atoms with van der Waals surface area (Å²) in [6.45, 7) is 0. The Kier molecular flexibility index (Phi) is 2.25. The lowest BCUT2D eigenvalue weighted by atomic mass is 10.1. The van der Waals surface area contributed by atoms with Gasteiger partial charge in [0.25, 0.3) is 0 Å². The van der Waals surface area contributed by atoms with Crippen LogP contribution in [0.1, 0.15) is 5.82 Å². The second kappa shape index (κ2) is 3.24. The molecule has 0 aromatic carbocycles. The summed E-state index contributed by atoms with van der Waals surface area (Å²) in [6.07, 6.45) is 0. The molecule has 0 radical (unpaired) electrons. The Morgan fingerprint density at radius 2 is 2.00 bits per heavy atom. The average molecular weight is 216 g/mol. The predicted molar refractivity (Wildman–Crippen MR) is 39.9 cm³/mol. The van der Waals surface area contributed by atoms with Crippen molar-refractivity contribution in [3.05, 3.63) is 26.1 Å². The minimum Gasteiger partial charge on any atom is -0.321 e. The van der Waals surface area contributed by atoms with Crippen LogP contribution in [-0.2, 0) is 5.66 Å². The highest BCUT2D eigenvalue weighted by Crippen LogP contribution is 2.19. The van der Waals surface area contributed by atoms with E-state index in [1.165, 1.54) is 0 Å². The van der Waals surface area contributed by atoms with Crippen molar-refractivity contribution in [3.8, 4) is 0 Å². The van der Waals surface area contributed by atoms with Crippen LogP contribution in [0, 0.1) is 20.2 Å². The number of nitrogens with two attached hydrogens (primary N) is 2. The molecule has 0 aliphatic rings. The van der Waals surface area contributed by atoms with Gasteiger partial charge in [-0.2, -0.15) is 5.21 Å². The molecule has 1 rings (SSSR count). The van der Waals surface area contributed by atoms with E-state index >= 15 is 0 Å². The smallest absolute Gasteiger partial charge is 0.321 e. The molecule has 0 aliphatic carbocycles. The van der Waals surface area contributed by atoms with Gasteiger partial charge in [0.1, 0.15) is 9.85 Å². The first-order valence-electron chi connectivity index (χ1n) is 3.30. The van der Waals surface area contributed by atoms with Crippen LogP contribution in [0.2, 0.25) is 0 Å². The molecule has 15 heavy (non-hydrogen) atoms. The first-order valence-corrected chi connectivity index (χ1v) is 3.30. The van der Waals surface area contributed by atoms with Crippen LogP contribution < -0.4 is 16.2 Å². The maximum absolute atomic E-state index is 10.7. The number of amidine groups is 1. The minimum absolute atomic E-state index is 0.891. The molecule has 1 aromatic rings. The molecule has 1 aromatic heterocycles. The van der Waals surface area contributed by atoms with Gasteiger partial charge >= 0.3 is 11.5 Å². The van der Waals surface area contributed by atoms with E-state index in [2.05, 4.69) is 20.6 Å². The average Bonchev–Trinajstić information content (AvgIpc) is 2.55. The van der Waals surface area contributed by atoms with Crippen molar-refractivity contribution in [2.24, 2.45) is 5.73 Å². The second-order valence-corrected chi connectivity index (χ2v) is 2.34. The van der Waals surface area contributed by atoms with Crippen LogP contribution in [0.3, 0.4) is 0 Å². The highest BCUT2D eigenvalue weighted by Gasteiger charge is 2.66. The second-order valence-electron chi connectivity index (χ2n) is 2.34. The summed E-state index contributed by atoms with van der Waals surface area (Å²) in [5.74, 6) is -1.97. The van der Waals surface area contributed by atoms with E-state index in [0.717, 1.165) is 0 Å². The van der Waals surface area contributed by atoms with Gasteiger partial charge in [-0.05, 0) is 0 Å². The van der Waals surface area contributed by atoms with Crippen molar-refractivity contribution in [2.75, 3.05) is 0 Å². The van der Waals surface area contributed by atoms with Crippen LogP contribution in [0.4, 0.5) is 0 Å². The largest absolute Gasteiger partial charge is 0.587 e. The maximum atomic E-state index is 10.7. The summed E-state index contributed by atoms with van der Waals surface area (Å²) in [7, 11) is 0. The molecule has 0 bridgehead atoms. The van der Waals surface area contributed by atoms with E-state index in [0.29, 0.717) is 0 Å². The minimum atomic E-state index is -3.11. The zero-order chi connectivity index (χ0) is 11.6. The molecule has 0 spiro atoms. The van der Waals surface area contributed by atoms with Gasteiger partial charge in [-0.25, -0.2) is 0 Å². The van der Waals surface area contributed by atoms with Crippen molar-refractivity contribution in [1.29, 1.82) is 0 Å². The lowest BCUT2D eigenvalue weighted by Gasteiger charge is -2.11. The topological polar surface area (TPSA) is 191 Å². The molecule has 12 heteroatoms. The number of nitrogens with zero attached hydrogens (tertiary/aromatic N) is 6. The Hall–Kier alpha value is -2.66.